The second-order valence-electron chi connectivity index (χ2n) is 21.5. The van der Waals surface area contributed by atoms with Crippen LogP contribution >= 0.6 is 27.9 Å². The molecule has 0 nitrogen and oxygen atoms in total. The fourth-order valence-corrected chi connectivity index (χ4v) is 17.8. The van der Waals surface area contributed by atoms with Gasteiger partial charge in [0.2, 0.25) is 0 Å². The molecule has 5 heteroatoms. The molecule has 5 aromatic carbocycles. The van der Waals surface area contributed by atoms with Crippen molar-refractivity contribution in [3.05, 3.63) is 148 Å². The minimum absolute atomic E-state index is 0.213. The normalized spacial score (nSPS) is 12.9. The molecule has 0 aliphatic heterocycles. The van der Waals surface area contributed by atoms with Crippen molar-refractivity contribution in [2.75, 3.05) is 0 Å². The Balaban J connectivity index is 0.00000232. The minimum atomic E-state index is -3.04. The monoisotopic (exact) mass is 1080 g/mol. The van der Waals surface area contributed by atoms with Gasteiger partial charge in [0.05, 0.1) is 0 Å². The van der Waals surface area contributed by atoms with Gasteiger partial charge in [0, 0.05) is 0 Å². The first-order valence-electron chi connectivity index (χ1n) is 29.6. The van der Waals surface area contributed by atoms with Gasteiger partial charge in [-0.05, 0) is 137 Å². The Morgan fingerprint density at radius 2 is 0.667 bits per heavy atom. The average Bonchev–Trinajstić information content (AvgIpc) is 3.71. The Labute approximate surface area is 461 Å². The van der Waals surface area contributed by atoms with Crippen molar-refractivity contribution in [2.45, 2.75) is 240 Å². The molecule has 0 saturated heterocycles. The molecule has 0 N–H and O–H groups in total. The number of rotatable bonds is 34. The Kier molecular flexibility index (Phi) is 29.1. The van der Waals surface area contributed by atoms with Crippen molar-refractivity contribution >= 4 is 51.5 Å². The summed E-state index contributed by atoms with van der Waals surface area (Å²) in [5.41, 5.74) is 15.5. The summed E-state index contributed by atoms with van der Waals surface area (Å²) in [6.07, 6.45) is 38.2. The van der Waals surface area contributed by atoms with Crippen LogP contribution in [0, 0.1) is 6.07 Å². The number of benzene rings is 5. The zero-order valence-corrected chi connectivity index (χ0v) is 51.0. The van der Waals surface area contributed by atoms with Crippen molar-refractivity contribution in [1.82, 2.24) is 0 Å². The third-order valence-corrected chi connectivity index (χ3v) is 20.7. The molecule has 392 valence electrons. The Morgan fingerprint density at radius 3 is 0.972 bits per heavy atom. The van der Waals surface area contributed by atoms with Crippen LogP contribution in [0.1, 0.15) is 246 Å². The van der Waals surface area contributed by atoms with Crippen LogP contribution in [0.2, 0.25) is 0 Å². The molecule has 0 saturated carbocycles. The van der Waals surface area contributed by atoms with Gasteiger partial charge >= 0.3 is 42.6 Å². The molecule has 0 bridgehead atoms. The second-order valence-corrected chi connectivity index (χ2v) is 33.2. The molecular weight excluding hydrogens is 987 g/mol. The van der Waals surface area contributed by atoms with Crippen LogP contribution in [0.15, 0.2) is 97.1 Å². The zero-order chi connectivity index (χ0) is 51.4. The van der Waals surface area contributed by atoms with Gasteiger partial charge < -0.3 is 0 Å². The van der Waals surface area contributed by atoms with Crippen LogP contribution in [0.4, 0.5) is 0 Å². The summed E-state index contributed by atoms with van der Waals surface area (Å²) in [7, 11) is 11.9. The van der Waals surface area contributed by atoms with Gasteiger partial charge in [-0.2, -0.15) is 24.3 Å². The maximum atomic E-state index is 4.97. The number of hydrogen-bond donors (Lipinski definition) is 0. The molecule has 1 aliphatic rings. The number of fused-ring (bicyclic) bond motifs is 3. The predicted octanol–water partition coefficient (Wildman–Crippen LogP) is 20.1. The van der Waals surface area contributed by atoms with Crippen LogP contribution in [-0.4, -0.2) is 8.07 Å². The maximum absolute atomic E-state index is 4.97. The molecule has 0 aromatic heterocycles. The summed E-state index contributed by atoms with van der Waals surface area (Å²) in [5.74, 6) is 0. The topological polar surface area (TPSA) is 0 Å². The molecule has 0 fully saturated rings. The van der Waals surface area contributed by atoms with E-state index < -0.39 is 22.8 Å². The number of aryl methyl sites for hydroxylation is 6. The molecule has 0 amide bonds. The Morgan fingerprint density at radius 1 is 0.375 bits per heavy atom. The fourth-order valence-electron chi connectivity index (χ4n) is 11.9. The molecule has 5 aromatic rings. The van der Waals surface area contributed by atoms with Gasteiger partial charge in [-0.15, -0.1) is 11.1 Å². The molecule has 0 radical (unpaired) electrons. The van der Waals surface area contributed by atoms with Gasteiger partial charge in [-0.3, -0.25) is 0 Å². The molecule has 6 rings (SSSR count). The standard InChI is InChI=1S/C67H95Si.3ClH.Ti/c1-7-13-19-25-35-54-45-55(36-26-20-14-8-2)49-60(48-54)68(67-65-43-33-31-41-63(65)64-42-32-34-44-66(64)67,61-50-56(37-27-21-15-9-3)46-57(51-61)38-28-22-16-10-4)62-52-58(39-29-23-17-11-5)47-59(53-62)40-30-24-18-12-6;;;;/h31-34,41-43,45-53,67H,7-30,35-40H2,1-6H3;3*1H;/q-1;;;;+4/p-3. The van der Waals surface area contributed by atoms with E-state index in [1.54, 1.807) is 48.9 Å². The van der Waals surface area contributed by atoms with Crippen molar-refractivity contribution in [3.63, 3.8) is 0 Å². The first-order valence-corrected chi connectivity index (χ1v) is 38.1. The Hall–Kier alpha value is -2.10. The summed E-state index contributed by atoms with van der Waals surface area (Å²) in [6.45, 7) is 14.1. The van der Waals surface area contributed by atoms with E-state index in [2.05, 4.69) is 145 Å². The van der Waals surface area contributed by atoms with E-state index in [-0.39, 0.29) is 5.54 Å². The molecule has 1 aliphatic carbocycles. The molecule has 1 atom stereocenters. The molecular formula is C67H95Cl3SiTi. The predicted molar refractivity (Wildman–Crippen MR) is 321 cm³/mol. The third-order valence-electron chi connectivity index (χ3n) is 15.6. The fraction of sp³-hybridized carbons (Fsp3) is 0.552. The van der Waals surface area contributed by atoms with Gasteiger partial charge in [0.1, 0.15) is 0 Å². The van der Waals surface area contributed by atoms with E-state index in [0.29, 0.717) is 0 Å². The van der Waals surface area contributed by atoms with Gasteiger partial charge in [-0.25, -0.2) is 0 Å². The number of hydrogen-bond acceptors (Lipinski definition) is 0. The van der Waals surface area contributed by atoms with Gasteiger partial charge in [0.25, 0.3) is 0 Å². The summed E-state index contributed by atoms with van der Waals surface area (Å²) < 4.78 is 0. The van der Waals surface area contributed by atoms with E-state index in [4.69, 9.17) is 27.9 Å². The third kappa shape index (κ3) is 18.6. The van der Waals surface area contributed by atoms with E-state index in [1.807, 2.05) is 0 Å². The molecule has 0 heterocycles. The van der Waals surface area contributed by atoms with Crippen molar-refractivity contribution < 1.29 is 14.7 Å². The van der Waals surface area contributed by atoms with E-state index >= 15 is 0 Å². The van der Waals surface area contributed by atoms with Crippen LogP contribution in [-0.2, 0) is 53.2 Å². The summed E-state index contributed by atoms with van der Waals surface area (Å²) in [5, 5.41) is 4.96. The SMILES string of the molecule is CCCCCCc1cc(CCCCCC)cc([Si](c2cc(CCCCCC)cc(CCCCCC)c2)(c2cc(CCCCCC)cc(CCCCCC)c2)C2c3[c-]cccc3-c3ccccc32)c1.[Cl][Ti+]([Cl])[Cl]. The quantitative estimate of drug-likeness (QED) is 0.0167. The first-order chi connectivity index (χ1) is 35.2. The second kappa shape index (κ2) is 34.5. The van der Waals surface area contributed by atoms with Crippen molar-refractivity contribution in [3.8, 4) is 11.1 Å². The average molecular weight is 1080 g/mol. The van der Waals surface area contributed by atoms with E-state index in [1.165, 1.54) is 215 Å². The van der Waals surface area contributed by atoms with E-state index in [9.17, 15) is 0 Å². The molecule has 0 spiro atoms. The zero-order valence-electron chi connectivity index (χ0n) is 46.2. The van der Waals surface area contributed by atoms with Crippen LogP contribution in [0.25, 0.3) is 11.1 Å². The van der Waals surface area contributed by atoms with Crippen LogP contribution < -0.4 is 15.6 Å². The van der Waals surface area contributed by atoms with Crippen LogP contribution in [0.3, 0.4) is 0 Å². The van der Waals surface area contributed by atoms with E-state index in [0.717, 1.165) is 0 Å². The summed E-state index contributed by atoms with van der Waals surface area (Å²) in [4.78, 5) is 0. The van der Waals surface area contributed by atoms with Crippen molar-refractivity contribution in [1.29, 1.82) is 0 Å². The molecule has 72 heavy (non-hydrogen) atoms. The molecule has 1 unspecified atom stereocenters. The van der Waals surface area contributed by atoms with Crippen LogP contribution in [0.5, 0.6) is 0 Å². The summed E-state index contributed by atoms with van der Waals surface area (Å²) in [6, 6.07) is 45.5. The van der Waals surface area contributed by atoms with Gasteiger partial charge in [-0.1, -0.05) is 242 Å². The van der Waals surface area contributed by atoms with Gasteiger partial charge in [0.15, 0.2) is 8.07 Å². The van der Waals surface area contributed by atoms with Crippen molar-refractivity contribution in [2.24, 2.45) is 0 Å². The first kappa shape index (κ1) is 60.8. The number of halogens is 3. The summed E-state index contributed by atoms with van der Waals surface area (Å²) >= 11 is -1.92. The Bertz CT molecular complexity index is 1970. The number of unbranched alkanes of at least 4 members (excludes halogenated alkanes) is 18.